The van der Waals surface area contributed by atoms with Gasteiger partial charge in [-0.05, 0) is 25.5 Å². The summed E-state index contributed by atoms with van der Waals surface area (Å²) in [7, 11) is 0. The summed E-state index contributed by atoms with van der Waals surface area (Å²) in [6.07, 6.45) is 1.64. The van der Waals surface area contributed by atoms with E-state index in [-0.39, 0.29) is 28.9 Å². The molecule has 1 aliphatic heterocycles. The van der Waals surface area contributed by atoms with Crippen molar-refractivity contribution in [3.05, 3.63) is 62.6 Å². The third-order valence-electron chi connectivity index (χ3n) is 3.80. The molecule has 0 aliphatic carbocycles. The topological polar surface area (TPSA) is 94.2 Å². The maximum absolute atomic E-state index is 12.2. The zero-order valence-electron chi connectivity index (χ0n) is 12.9. The summed E-state index contributed by atoms with van der Waals surface area (Å²) in [6, 6.07) is 8.78. The molecule has 0 saturated heterocycles. The largest absolute Gasteiger partial charge is 0.324 e. The Morgan fingerprint density at radius 2 is 2.08 bits per heavy atom. The molecule has 0 bridgehead atoms. The van der Waals surface area contributed by atoms with Crippen LogP contribution < -0.4 is 10.9 Å². The number of benzene rings is 1. The number of fused-ring (bicyclic) bond motifs is 1. The van der Waals surface area contributed by atoms with Gasteiger partial charge in [-0.1, -0.05) is 12.1 Å². The Morgan fingerprint density at radius 1 is 1.33 bits per heavy atom. The van der Waals surface area contributed by atoms with Crippen LogP contribution in [0.1, 0.15) is 12.0 Å². The number of nitro groups is 1. The van der Waals surface area contributed by atoms with E-state index in [0.29, 0.717) is 12.0 Å². The van der Waals surface area contributed by atoms with Gasteiger partial charge in [-0.3, -0.25) is 19.7 Å². The summed E-state index contributed by atoms with van der Waals surface area (Å²) in [6.45, 7) is 1.79. The highest BCUT2D eigenvalue weighted by Gasteiger charge is 2.26. The van der Waals surface area contributed by atoms with Gasteiger partial charge in [0.2, 0.25) is 5.91 Å². The standard InChI is InChI=1S/C16H15N3O4S/c1-10-8-11(19(22)23)9-18(16(10)21)7-6-14-15(20)17-12-4-2-3-5-13(12)24-14/h2-5,8-9,14H,6-7H2,1H3,(H,17,20). The molecule has 124 valence electrons. The quantitative estimate of drug-likeness (QED) is 0.679. The van der Waals surface area contributed by atoms with E-state index in [0.717, 1.165) is 10.6 Å². The molecule has 2 heterocycles. The molecule has 1 amide bonds. The Balaban J connectivity index is 1.78. The number of pyridine rings is 1. The summed E-state index contributed by atoms with van der Waals surface area (Å²) >= 11 is 1.44. The number of nitrogens with one attached hydrogen (secondary N) is 1. The zero-order valence-corrected chi connectivity index (χ0v) is 13.7. The van der Waals surface area contributed by atoms with Crippen LogP contribution in [0.5, 0.6) is 0 Å². The van der Waals surface area contributed by atoms with E-state index < -0.39 is 4.92 Å². The molecule has 8 heteroatoms. The van der Waals surface area contributed by atoms with E-state index in [1.54, 1.807) is 6.92 Å². The molecule has 3 rings (SSSR count). The molecule has 0 spiro atoms. The van der Waals surface area contributed by atoms with Gasteiger partial charge in [0.15, 0.2) is 0 Å². The van der Waals surface area contributed by atoms with Gasteiger partial charge in [0.25, 0.3) is 11.2 Å². The fourth-order valence-corrected chi connectivity index (χ4v) is 3.67. The SMILES string of the molecule is Cc1cc([N+](=O)[O-])cn(CCC2Sc3ccccc3NC2=O)c1=O. The lowest BCUT2D eigenvalue weighted by Crippen LogP contribution is -2.31. The van der Waals surface area contributed by atoms with Crippen molar-refractivity contribution >= 4 is 29.0 Å². The van der Waals surface area contributed by atoms with Gasteiger partial charge in [0.05, 0.1) is 22.1 Å². The number of rotatable bonds is 4. The van der Waals surface area contributed by atoms with Crippen molar-refractivity contribution in [2.24, 2.45) is 0 Å². The van der Waals surface area contributed by atoms with Crippen LogP contribution in [-0.4, -0.2) is 20.6 Å². The lowest BCUT2D eigenvalue weighted by molar-refractivity contribution is -0.385. The van der Waals surface area contributed by atoms with Crippen LogP contribution in [0.2, 0.25) is 0 Å². The number of amides is 1. The van der Waals surface area contributed by atoms with Gasteiger partial charge >= 0.3 is 0 Å². The molecule has 1 aliphatic rings. The monoisotopic (exact) mass is 345 g/mol. The van der Waals surface area contributed by atoms with E-state index in [1.807, 2.05) is 24.3 Å². The van der Waals surface area contributed by atoms with Crippen LogP contribution >= 0.6 is 11.8 Å². The van der Waals surface area contributed by atoms with E-state index in [9.17, 15) is 19.7 Å². The molecule has 0 saturated carbocycles. The van der Waals surface area contributed by atoms with Crippen molar-refractivity contribution in [2.45, 2.75) is 30.0 Å². The minimum Gasteiger partial charge on any atom is -0.324 e. The highest BCUT2D eigenvalue weighted by atomic mass is 32.2. The number of carbonyl (C=O) groups excluding carboxylic acids is 1. The third kappa shape index (κ3) is 3.18. The summed E-state index contributed by atoms with van der Waals surface area (Å²) < 4.78 is 1.31. The first-order valence-electron chi connectivity index (χ1n) is 7.38. The van der Waals surface area contributed by atoms with Gasteiger partial charge in [0.1, 0.15) is 0 Å². The first kappa shape index (κ1) is 16.3. The van der Waals surface area contributed by atoms with Gasteiger partial charge in [-0.15, -0.1) is 11.8 Å². The average Bonchev–Trinajstić information content (AvgIpc) is 2.55. The lowest BCUT2D eigenvalue weighted by atomic mass is 10.2. The number of nitrogens with zero attached hydrogens (tertiary/aromatic N) is 2. The molecule has 1 aromatic heterocycles. The molecule has 1 N–H and O–H groups in total. The van der Waals surface area contributed by atoms with Crippen LogP contribution in [0.3, 0.4) is 0 Å². The summed E-state index contributed by atoms with van der Waals surface area (Å²) in [4.78, 5) is 35.7. The van der Waals surface area contributed by atoms with E-state index in [4.69, 9.17) is 0 Å². The number of thioether (sulfide) groups is 1. The van der Waals surface area contributed by atoms with E-state index in [2.05, 4.69) is 5.32 Å². The average molecular weight is 345 g/mol. The molecule has 2 aromatic rings. The molecule has 7 nitrogen and oxygen atoms in total. The fraction of sp³-hybridized carbons (Fsp3) is 0.250. The van der Waals surface area contributed by atoms with Crippen molar-refractivity contribution < 1.29 is 9.72 Å². The van der Waals surface area contributed by atoms with Crippen LogP contribution in [0.4, 0.5) is 11.4 Å². The number of hydrogen-bond donors (Lipinski definition) is 1. The highest BCUT2D eigenvalue weighted by molar-refractivity contribution is 8.01. The normalized spacial score (nSPS) is 16.4. The van der Waals surface area contributed by atoms with Crippen molar-refractivity contribution in [2.75, 3.05) is 5.32 Å². The first-order chi connectivity index (χ1) is 11.5. The lowest BCUT2D eigenvalue weighted by Gasteiger charge is -2.24. The van der Waals surface area contributed by atoms with Gasteiger partial charge < -0.3 is 9.88 Å². The Hall–Kier alpha value is -2.61. The van der Waals surface area contributed by atoms with Crippen molar-refractivity contribution in [1.82, 2.24) is 4.57 Å². The van der Waals surface area contributed by atoms with Crippen LogP contribution in [0.15, 0.2) is 46.2 Å². The minimum absolute atomic E-state index is 0.117. The highest BCUT2D eigenvalue weighted by Crippen LogP contribution is 2.36. The van der Waals surface area contributed by atoms with Gasteiger partial charge in [-0.25, -0.2) is 0 Å². The number of aryl methyl sites for hydroxylation is 2. The van der Waals surface area contributed by atoms with Crippen molar-refractivity contribution in [3.8, 4) is 0 Å². The zero-order chi connectivity index (χ0) is 17.3. The number of para-hydroxylation sites is 1. The molecular formula is C16H15N3O4S. The summed E-state index contributed by atoms with van der Waals surface area (Å²) in [5.74, 6) is -0.117. The smallest absolute Gasteiger partial charge is 0.286 e. The van der Waals surface area contributed by atoms with Gasteiger partial charge in [-0.2, -0.15) is 0 Å². The Morgan fingerprint density at radius 3 is 2.83 bits per heavy atom. The van der Waals surface area contributed by atoms with Crippen LogP contribution in [-0.2, 0) is 11.3 Å². The maximum Gasteiger partial charge on any atom is 0.286 e. The Labute approximate surface area is 141 Å². The summed E-state index contributed by atoms with van der Waals surface area (Å²) in [5, 5.41) is 13.4. The predicted octanol–water partition coefficient (Wildman–Crippen LogP) is 2.57. The van der Waals surface area contributed by atoms with Crippen molar-refractivity contribution in [3.63, 3.8) is 0 Å². The first-order valence-corrected chi connectivity index (χ1v) is 8.25. The van der Waals surface area contributed by atoms with E-state index in [1.165, 1.54) is 28.6 Å². The molecule has 1 atom stereocenters. The Bertz CT molecular complexity index is 878. The maximum atomic E-state index is 12.2. The second-order valence-corrected chi connectivity index (χ2v) is 6.76. The molecular weight excluding hydrogens is 330 g/mol. The molecule has 24 heavy (non-hydrogen) atoms. The van der Waals surface area contributed by atoms with Crippen LogP contribution in [0.25, 0.3) is 0 Å². The van der Waals surface area contributed by atoms with Crippen LogP contribution in [0, 0.1) is 17.0 Å². The number of aromatic nitrogens is 1. The molecule has 1 aromatic carbocycles. The second-order valence-electron chi connectivity index (χ2n) is 5.52. The second kappa shape index (κ2) is 6.48. The third-order valence-corrected chi connectivity index (χ3v) is 5.14. The Kier molecular flexibility index (Phi) is 4.39. The number of hydrogen-bond acceptors (Lipinski definition) is 5. The number of anilines is 1. The molecule has 0 fully saturated rings. The van der Waals surface area contributed by atoms with E-state index >= 15 is 0 Å². The van der Waals surface area contributed by atoms with Gasteiger partial charge in [0, 0.05) is 23.1 Å². The fourth-order valence-electron chi connectivity index (χ4n) is 2.57. The summed E-state index contributed by atoms with van der Waals surface area (Å²) in [5.41, 5.74) is 0.697. The number of carbonyl (C=O) groups is 1. The molecule has 1 unspecified atom stereocenters. The minimum atomic E-state index is -0.527. The molecule has 0 radical (unpaired) electrons. The predicted molar refractivity (Wildman–Crippen MR) is 91.4 cm³/mol. The van der Waals surface area contributed by atoms with Crippen molar-refractivity contribution in [1.29, 1.82) is 0 Å².